The lowest BCUT2D eigenvalue weighted by molar-refractivity contribution is 0.0336. The van der Waals surface area contributed by atoms with Gasteiger partial charge < -0.3 is 24.3 Å². The molecule has 1 amide bonds. The molecule has 2 atom stereocenters. The summed E-state index contributed by atoms with van der Waals surface area (Å²) in [6.45, 7) is 5.09. The summed E-state index contributed by atoms with van der Waals surface area (Å²) in [5.41, 5.74) is 1.62. The first-order valence-corrected chi connectivity index (χ1v) is 11.6. The predicted molar refractivity (Wildman–Crippen MR) is 132 cm³/mol. The Labute approximate surface area is 207 Å². The number of rotatable bonds is 5. The standard InChI is InChI=1S/C25H26FN7O3/c1-14-13-35-15(2)12-33(14)24-29-22(18-9-16-7-8-27-21(16)28-11-18)30-25(31-24)36-20-6-5-17(10-19(20)26)23(34)32(3)4/h5-11,14-15H,12-13H2,1-4H3,(H,27,28)/t14?,15-/m1/s1. The van der Waals surface area contributed by atoms with Crippen molar-refractivity contribution in [1.82, 2.24) is 29.8 Å². The van der Waals surface area contributed by atoms with Crippen LogP contribution in [0.4, 0.5) is 10.3 Å². The highest BCUT2D eigenvalue weighted by Gasteiger charge is 2.27. The SMILES string of the molecule is CC1CO[C@H](C)CN1c1nc(Oc2ccc(C(=O)N(C)C)cc2F)nc(-c2cnc3[nH]ccc3c2)n1. The van der Waals surface area contributed by atoms with Crippen molar-refractivity contribution >= 4 is 22.9 Å². The third-order valence-corrected chi connectivity index (χ3v) is 5.91. The minimum atomic E-state index is -0.699. The lowest BCUT2D eigenvalue weighted by Crippen LogP contribution is -2.48. The van der Waals surface area contributed by atoms with E-state index in [2.05, 4.69) is 19.9 Å². The second kappa shape index (κ2) is 9.50. The number of fused-ring (bicyclic) bond motifs is 1. The molecule has 0 spiro atoms. The van der Waals surface area contributed by atoms with Crippen molar-refractivity contribution < 1.29 is 18.7 Å². The monoisotopic (exact) mass is 491 g/mol. The van der Waals surface area contributed by atoms with Crippen molar-refractivity contribution in [2.45, 2.75) is 26.0 Å². The van der Waals surface area contributed by atoms with Gasteiger partial charge in [0.25, 0.3) is 5.91 Å². The van der Waals surface area contributed by atoms with Gasteiger partial charge in [0.05, 0.1) is 18.8 Å². The number of carbonyl (C=O) groups is 1. The van der Waals surface area contributed by atoms with Crippen molar-refractivity contribution in [2.24, 2.45) is 0 Å². The molecular formula is C25H26FN7O3. The van der Waals surface area contributed by atoms with E-state index < -0.39 is 5.82 Å². The molecule has 4 aromatic rings. The zero-order valence-electron chi connectivity index (χ0n) is 20.4. The number of benzene rings is 1. The summed E-state index contributed by atoms with van der Waals surface area (Å²) in [5.74, 6) is -0.373. The van der Waals surface area contributed by atoms with Gasteiger partial charge in [-0.3, -0.25) is 4.79 Å². The van der Waals surface area contributed by atoms with E-state index in [1.54, 1.807) is 26.5 Å². The summed E-state index contributed by atoms with van der Waals surface area (Å²) in [4.78, 5) is 36.7. The van der Waals surface area contributed by atoms with Crippen molar-refractivity contribution in [3.05, 3.63) is 54.1 Å². The van der Waals surface area contributed by atoms with E-state index in [9.17, 15) is 9.18 Å². The number of anilines is 1. The lowest BCUT2D eigenvalue weighted by atomic mass is 10.2. The minimum absolute atomic E-state index is 0.0112. The van der Waals surface area contributed by atoms with Crippen LogP contribution in [0.25, 0.3) is 22.4 Å². The van der Waals surface area contributed by atoms with Gasteiger partial charge in [-0.05, 0) is 44.2 Å². The highest BCUT2D eigenvalue weighted by molar-refractivity contribution is 5.94. The Kier molecular flexibility index (Phi) is 6.23. The first-order chi connectivity index (χ1) is 17.3. The molecule has 1 saturated heterocycles. The number of amides is 1. The van der Waals surface area contributed by atoms with Gasteiger partial charge in [0, 0.05) is 49.5 Å². The maximum atomic E-state index is 14.9. The highest BCUT2D eigenvalue weighted by Crippen LogP contribution is 2.29. The number of carbonyl (C=O) groups excluding carboxylic acids is 1. The predicted octanol–water partition coefficient (Wildman–Crippen LogP) is 3.66. The van der Waals surface area contributed by atoms with Crippen LogP contribution in [-0.4, -0.2) is 75.1 Å². The molecule has 1 aromatic carbocycles. The van der Waals surface area contributed by atoms with E-state index in [4.69, 9.17) is 14.5 Å². The Balaban J connectivity index is 1.55. The molecule has 0 saturated carbocycles. The second-order valence-corrected chi connectivity index (χ2v) is 8.97. The number of pyridine rings is 1. The highest BCUT2D eigenvalue weighted by atomic mass is 19.1. The van der Waals surface area contributed by atoms with E-state index in [-0.39, 0.29) is 35.4 Å². The summed E-state index contributed by atoms with van der Waals surface area (Å²) in [5, 5.41) is 0.900. The second-order valence-electron chi connectivity index (χ2n) is 8.97. The average molecular weight is 492 g/mol. The zero-order chi connectivity index (χ0) is 25.4. The largest absolute Gasteiger partial charge is 0.421 e. The summed E-state index contributed by atoms with van der Waals surface area (Å²) in [6, 6.07) is 7.79. The van der Waals surface area contributed by atoms with Gasteiger partial charge in [-0.25, -0.2) is 9.37 Å². The molecule has 0 bridgehead atoms. The number of ether oxygens (including phenoxy) is 2. The van der Waals surface area contributed by atoms with Crippen LogP contribution in [-0.2, 0) is 4.74 Å². The number of H-pyrrole nitrogens is 1. The van der Waals surface area contributed by atoms with E-state index in [0.29, 0.717) is 30.5 Å². The number of aromatic nitrogens is 5. The van der Waals surface area contributed by atoms with Gasteiger partial charge in [0.2, 0.25) is 5.95 Å². The number of aromatic amines is 1. The molecule has 4 heterocycles. The van der Waals surface area contributed by atoms with Crippen LogP contribution in [0.3, 0.4) is 0 Å². The van der Waals surface area contributed by atoms with Crippen LogP contribution in [0.5, 0.6) is 11.8 Å². The Hall–Kier alpha value is -4.12. The van der Waals surface area contributed by atoms with E-state index in [1.165, 1.54) is 17.0 Å². The maximum absolute atomic E-state index is 14.9. The van der Waals surface area contributed by atoms with Gasteiger partial charge in [-0.1, -0.05) is 0 Å². The van der Waals surface area contributed by atoms with Crippen molar-refractivity contribution in [1.29, 1.82) is 0 Å². The molecular weight excluding hydrogens is 465 g/mol. The Bertz CT molecular complexity index is 1420. The van der Waals surface area contributed by atoms with Gasteiger partial charge in [-0.15, -0.1) is 0 Å². The van der Waals surface area contributed by atoms with Crippen molar-refractivity contribution in [3.63, 3.8) is 0 Å². The molecule has 1 N–H and O–H groups in total. The normalized spacial score (nSPS) is 17.9. The van der Waals surface area contributed by atoms with E-state index in [1.807, 2.05) is 30.9 Å². The quantitative estimate of drug-likeness (QED) is 0.451. The van der Waals surface area contributed by atoms with E-state index >= 15 is 0 Å². The molecule has 36 heavy (non-hydrogen) atoms. The fourth-order valence-electron chi connectivity index (χ4n) is 3.97. The van der Waals surface area contributed by atoms with E-state index in [0.717, 1.165) is 17.1 Å². The first-order valence-electron chi connectivity index (χ1n) is 11.6. The van der Waals surface area contributed by atoms with Crippen LogP contribution < -0.4 is 9.64 Å². The third-order valence-electron chi connectivity index (χ3n) is 5.91. The van der Waals surface area contributed by atoms with Gasteiger partial charge in [-0.2, -0.15) is 15.0 Å². The molecule has 3 aromatic heterocycles. The minimum Gasteiger partial charge on any atom is -0.421 e. The fraction of sp³-hybridized carbons (Fsp3) is 0.320. The topological polar surface area (TPSA) is 109 Å². The summed E-state index contributed by atoms with van der Waals surface area (Å²) >= 11 is 0. The maximum Gasteiger partial charge on any atom is 0.327 e. The fourth-order valence-corrected chi connectivity index (χ4v) is 3.97. The van der Waals surface area contributed by atoms with Crippen LogP contribution in [0.15, 0.2) is 42.7 Å². The van der Waals surface area contributed by atoms with Crippen LogP contribution in [0.1, 0.15) is 24.2 Å². The number of nitrogens with one attached hydrogen (secondary N) is 1. The van der Waals surface area contributed by atoms with Gasteiger partial charge in [0.1, 0.15) is 5.65 Å². The molecule has 1 aliphatic heterocycles. The summed E-state index contributed by atoms with van der Waals surface area (Å²) in [6.07, 6.45) is 3.46. The molecule has 1 unspecified atom stereocenters. The third kappa shape index (κ3) is 4.69. The lowest BCUT2D eigenvalue weighted by Gasteiger charge is -2.36. The molecule has 1 fully saturated rings. The van der Waals surface area contributed by atoms with Gasteiger partial charge in [0.15, 0.2) is 17.4 Å². The molecule has 186 valence electrons. The summed E-state index contributed by atoms with van der Waals surface area (Å²) < 4.78 is 26.4. The molecule has 0 aliphatic carbocycles. The molecule has 11 heteroatoms. The first kappa shape index (κ1) is 23.6. The molecule has 0 radical (unpaired) electrons. The van der Waals surface area contributed by atoms with Crippen molar-refractivity contribution in [2.75, 3.05) is 32.1 Å². The Morgan fingerprint density at radius 1 is 1.19 bits per heavy atom. The number of hydrogen-bond donors (Lipinski definition) is 1. The smallest absolute Gasteiger partial charge is 0.327 e. The molecule has 10 nitrogen and oxygen atoms in total. The van der Waals surface area contributed by atoms with Crippen LogP contribution in [0, 0.1) is 5.82 Å². The number of nitrogens with zero attached hydrogens (tertiary/aromatic N) is 6. The average Bonchev–Trinajstić information content (AvgIpc) is 3.34. The van der Waals surface area contributed by atoms with Crippen LogP contribution in [0.2, 0.25) is 0 Å². The van der Waals surface area contributed by atoms with Gasteiger partial charge >= 0.3 is 6.01 Å². The van der Waals surface area contributed by atoms with Crippen molar-refractivity contribution in [3.8, 4) is 23.1 Å². The molecule has 5 rings (SSSR count). The Morgan fingerprint density at radius 3 is 2.81 bits per heavy atom. The number of halogens is 1. The van der Waals surface area contributed by atoms with Crippen LogP contribution >= 0.6 is 0 Å². The summed E-state index contributed by atoms with van der Waals surface area (Å²) in [7, 11) is 3.21. The Morgan fingerprint density at radius 2 is 2.03 bits per heavy atom. The molecule has 1 aliphatic rings. The number of morpholine rings is 1. The zero-order valence-corrected chi connectivity index (χ0v) is 20.4. The number of hydrogen-bond acceptors (Lipinski definition) is 8.